The van der Waals surface area contributed by atoms with E-state index in [2.05, 4.69) is 46.1 Å². The van der Waals surface area contributed by atoms with Crippen LogP contribution in [0.1, 0.15) is 24.5 Å². The van der Waals surface area contributed by atoms with Crippen molar-refractivity contribution in [3.8, 4) is 0 Å². The largest absolute Gasteiger partial charge is 0.336 e. The molecule has 0 bridgehead atoms. The number of nitrogens with one attached hydrogen (secondary N) is 1. The number of hydrogen-bond acceptors (Lipinski definition) is 2. The molecule has 1 heterocycles. The van der Waals surface area contributed by atoms with Gasteiger partial charge in [-0.05, 0) is 37.3 Å². The Labute approximate surface area is 114 Å². The second-order valence-corrected chi connectivity index (χ2v) is 5.54. The zero-order valence-corrected chi connectivity index (χ0v) is 11.4. The van der Waals surface area contributed by atoms with Crippen LogP contribution in [0.15, 0.2) is 43.0 Å². The lowest BCUT2D eigenvalue weighted by Crippen LogP contribution is -2.42. The van der Waals surface area contributed by atoms with Gasteiger partial charge in [0.05, 0.1) is 6.33 Å². The first-order valence-electron chi connectivity index (χ1n) is 7.10. The molecule has 0 saturated heterocycles. The lowest BCUT2D eigenvalue weighted by molar-refractivity contribution is 0.379. The maximum Gasteiger partial charge on any atom is 0.0946 e. The minimum atomic E-state index is 0.476. The van der Waals surface area contributed by atoms with Gasteiger partial charge in [0.25, 0.3) is 0 Å². The van der Waals surface area contributed by atoms with Crippen LogP contribution in [0, 0.1) is 0 Å². The Bertz CT molecular complexity index is 519. The van der Waals surface area contributed by atoms with Crippen molar-refractivity contribution in [2.75, 3.05) is 0 Å². The number of aromatic nitrogens is 2. The highest BCUT2D eigenvalue weighted by molar-refractivity contribution is 5.30. The average molecular weight is 255 g/mol. The van der Waals surface area contributed by atoms with Crippen LogP contribution in [-0.2, 0) is 19.4 Å². The van der Waals surface area contributed by atoms with Crippen LogP contribution in [0.25, 0.3) is 0 Å². The standard InChI is InChI=1S/C16H21N3/c1-13(11-19-9-8-17-12-19)18-16-7-6-14-4-2-3-5-15(14)10-16/h2-5,8-9,12-13,16,18H,6-7,10-11H2,1H3/t13-,16+/m1/s1. The van der Waals surface area contributed by atoms with Crippen LogP contribution in [0.5, 0.6) is 0 Å². The SMILES string of the molecule is C[C@H](Cn1ccnc1)N[C@H]1CCc2ccccc2C1. The monoisotopic (exact) mass is 255 g/mol. The number of rotatable bonds is 4. The van der Waals surface area contributed by atoms with E-state index < -0.39 is 0 Å². The van der Waals surface area contributed by atoms with E-state index in [1.807, 2.05) is 18.7 Å². The van der Waals surface area contributed by atoms with Crippen molar-refractivity contribution in [2.24, 2.45) is 0 Å². The van der Waals surface area contributed by atoms with Gasteiger partial charge >= 0.3 is 0 Å². The molecule has 1 N–H and O–H groups in total. The molecule has 0 saturated carbocycles. The molecule has 1 aliphatic carbocycles. The third-order valence-corrected chi connectivity index (χ3v) is 3.91. The third kappa shape index (κ3) is 3.04. The van der Waals surface area contributed by atoms with Crippen LogP contribution in [0.2, 0.25) is 0 Å². The predicted molar refractivity (Wildman–Crippen MR) is 77.1 cm³/mol. The van der Waals surface area contributed by atoms with Gasteiger partial charge in [-0.2, -0.15) is 0 Å². The Morgan fingerprint density at radius 2 is 2.21 bits per heavy atom. The number of hydrogen-bond donors (Lipinski definition) is 1. The quantitative estimate of drug-likeness (QED) is 0.909. The van der Waals surface area contributed by atoms with Crippen LogP contribution in [0.4, 0.5) is 0 Å². The number of nitrogens with zero attached hydrogens (tertiary/aromatic N) is 2. The summed E-state index contributed by atoms with van der Waals surface area (Å²) in [6, 6.07) is 9.91. The summed E-state index contributed by atoms with van der Waals surface area (Å²) >= 11 is 0. The molecule has 0 fully saturated rings. The summed E-state index contributed by atoms with van der Waals surface area (Å²) in [5.74, 6) is 0. The van der Waals surface area contributed by atoms with Crippen molar-refractivity contribution in [1.82, 2.24) is 14.9 Å². The minimum Gasteiger partial charge on any atom is -0.336 e. The van der Waals surface area contributed by atoms with Gasteiger partial charge in [-0.25, -0.2) is 4.98 Å². The van der Waals surface area contributed by atoms with E-state index in [-0.39, 0.29) is 0 Å². The molecule has 3 rings (SSSR count). The summed E-state index contributed by atoms with van der Waals surface area (Å²) in [5.41, 5.74) is 3.05. The molecule has 0 amide bonds. The summed E-state index contributed by atoms with van der Waals surface area (Å²) < 4.78 is 2.13. The van der Waals surface area contributed by atoms with Crippen molar-refractivity contribution >= 4 is 0 Å². The summed E-state index contributed by atoms with van der Waals surface area (Å²) in [6.07, 6.45) is 9.34. The molecule has 0 aliphatic heterocycles. The molecule has 1 aromatic carbocycles. The first-order chi connectivity index (χ1) is 9.31. The van der Waals surface area contributed by atoms with Crippen LogP contribution in [0.3, 0.4) is 0 Å². The van der Waals surface area contributed by atoms with Gasteiger partial charge in [0, 0.05) is 31.0 Å². The van der Waals surface area contributed by atoms with Gasteiger partial charge < -0.3 is 9.88 Å². The number of benzene rings is 1. The van der Waals surface area contributed by atoms with Crippen molar-refractivity contribution in [3.05, 3.63) is 54.1 Å². The fourth-order valence-electron chi connectivity index (χ4n) is 3.01. The van der Waals surface area contributed by atoms with Crippen molar-refractivity contribution in [3.63, 3.8) is 0 Å². The van der Waals surface area contributed by atoms with Gasteiger partial charge in [0.1, 0.15) is 0 Å². The summed E-state index contributed by atoms with van der Waals surface area (Å²) in [4.78, 5) is 4.09. The van der Waals surface area contributed by atoms with Gasteiger partial charge in [-0.3, -0.25) is 0 Å². The topological polar surface area (TPSA) is 29.9 Å². The molecule has 1 aliphatic rings. The van der Waals surface area contributed by atoms with E-state index in [0.717, 1.165) is 13.0 Å². The van der Waals surface area contributed by atoms with Crippen molar-refractivity contribution < 1.29 is 0 Å². The molecule has 100 valence electrons. The first kappa shape index (κ1) is 12.4. The van der Waals surface area contributed by atoms with Gasteiger partial charge in [-0.15, -0.1) is 0 Å². The highest BCUT2D eigenvalue weighted by Crippen LogP contribution is 2.21. The molecule has 2 atom stereocenters. The Morgan fingerprint density at radius 1 is 1.37 bits per heavy atom. The minimum absolute atomic E-state index is 0.476. The first-order valence-corrected chi connectivity index (χ1v) is 7.10. The van der Waals surface area contributed by atoms with E-state index in [1.54, 1.807) is 0 Å². The van der Waals surface area contributed by atoms with Crippen LogP contribution >= 0.6 is 0 Å². The third-order valence-electron chi connectivity index (χ3n) is 3.91. The Kier molecular flexibility index (Phi) is 3.65. The van der Waals surface area contributed by atoms with E-state index in [4.69, 9.17) is 0 Å². The van der Waals surface area contributed by atoms with Crippen molar-refractivity contribution in [1.29, 1.82) is 0 Å². The van der Waals surface area contributed by atoms with E-state index in [9.17, 15) is 0 Å². The van der Waals surface area contributed by atoms with Crippen LogP contribution in [-0.4, -0.2) is 21.6 Å². The smallest absolute Gasteiger partial charge is 0.0946 e. The molecular weight excluding hydrogens is 234 g/mol. The van der Waals surface area contributed by atoms with E-state index >= 15 is 0 Å². The molecule has 19 heavy (non-hydrogen) atoms. The number of imidazole rings is 1. The lowest BCUT2D eigenvalue weighted by atomic mass is 9.88. The summed E-state index contributed by atoms with van der Waals surface area (Å²) in [5, 5.41) is 3.75. The molecule has 0 radical (unpaired) electrons. The summed E-state index contributed by atoms with van der Waals surface area (Å²) in [6.45, 7) is 3.23. The second kappa shape index (κ2) is 5.57. The molecule has 3 heteroatoms. The van der Waals surface area contributed by atoms with E-state index in [0.29, 0.717) is 12.1 Å². The average Bonchev–Trinajstić information content (AvgIpc) is 2.91. The fraction of sp³-hybridized carbons (Fsp3) is 0.438. The Balaban J connectivity index is 1.57. The zero-order valence-electron chi connectivity index (χ0n) is 11.4. The zero-order chi connectivity index (χ0) is 13.1. The lowest BCUT2D eigenvalue weighted by Gasteiger charge is -2.28. The van der Waals surface area contributed by atoms with E-state index in [1.165, 1.54) is 24.0 Å². The van der Waals surface area contributed by atoms with Gasteiger partial charge in [0.15, 0.2) is 0 Å². The highest BCUT2D eigenvalue weighted by atomic mass is 15.1. The molecule has 1 aromatic heterocycles. The maximum absolute atomic E-state index is 4.09. The predicted octanol–water partition coefficient (Wildman–Crippen LogP) is 2.42. The molecule has 3 nitrogen and oxygen atoms in total. The number of aryl methyl sites for hydroxylation is 1. The van der Waals surface area contributed by atoms with Crippen LogP contribution < -0.4 is 5.32 Å². The normalized spacial score (nSPS) is 19.9. The highest BCUT2D eigenvalue weighted by Gasteiger charge is 2.19. The summed E-state index contributed by atoms with van der Waals surface area (Å²) in [7, 11) is 0. The maximum atomic E-state index is 4.09. The Morgan fingerprint density at radius 3 is 3.00 bits per heavy atom. The number of fused-ring (bicyclic) bond motifs is 1. The Hall–Kier alpha value is -1.61. The molecule has 0 unspecified atom stereocenters. The fourth-order valence-corrected chi connectivity index (χ4v) is 3.01. The molecular formula is C16H21N3. The second-order valence-electron chi connectivity index (χ2n) is 5.54. The molecule has 2 aromatic rings. The van der Waals surface area contributed by atoms with Gasteiger partial charge in [-0.1, -0.05) is 24.3 Å². The van der Waals surface area contributed by atoms with Crippen molar-refractivity contribution in [2.45, 2.75) is 44.8 Å². The van der Waals surface area contributed by atoms with Gasteiger partial charge in [0.2, 0.25) is 0 Å². The molecule has 0 spiro atoms.